The molecule has 1 rings (SSSR count). The molecule has 0 amide bonds. The van der Waals surface area contributed by atoms with Crippen LogP contribution in [-0.4, -0.2) is 5.78 Å². The Hall–Kier alpha value is -1.88. The monoisotopic (exact) mass is 171 g/mol. The third kappa shape index (κ3) is 2.57. The first-order valence-corrected chi connectivity index (χ1v) is 3.92. The van der Waals surface area contributed by atoms with Gasteiger partial charge in [0.2, 0.25) is 0 Å². The summed E-state index contributed by atoms with van der Waals surface area (Å²) in [7, 11) is 0. The Morgan fingerprint density at radius 2 is 2.00 bits per heavy atom. The van der Waals surface area contributed by atoms with Crippen LogP contribution in [0, 0.1) is 11.3 Å². The molecule has 0 N–H and O–H groups in total. The van der Waals surface area contributed by atoms with Crippen LogP contribution in [0.2, 0.25) is 0 Å². The van der Waals surface area contributed by atoms with E-state index in [0.29, 0.717) is 5.57 Å². The van der Waals surface area contributed by atoms with E-state index in [-0.39, 0.29) is 5.78 Å². The summed E-state index contributed by atoms with van der Waals surface area (Å²) in [4.78, 5) is 10.8. The van der Waals surface area contributed by atoms with Crippen molar-refractivity contribution in [1.29, 1.82) is 5.26 Å². The van der Waals surface area contributed by atoms with Crippen molar-refractivity contribution in [1.82, 2.24) is 0 Å². The van der Waals surface area contributed by atoms with E-state index in [1.54, 1.807) is 12.1 Å². The first kappa shape index (κ1) is 9.21. The first-order valence-electron chi connectivity index (χ1n) is 3.92. The maximum absolute atomic E-state index is 10.8. The number of allylic oxidation sites excluding steroid dienone is 2. The van der Waals surface area contributed by atoms with E-state index in [1.165, 1.54) is 13.0 Å². The maximum Gasteiger partial charge on any atom is 0.153 e. The van der Waals surface area contributed by atoms with E-state index in [2.05, 4.69) is 0 Å². The minimum Gasteiger partial charge on any atom is -0.295 e. The average Bonchev–Trinajstić information content (AvgIpc) is 2.15. The lowest BCUT2D eigenvalue weighted by Crippen LogP contribution is -1.86. The van der Waals surface area contributed by atoms with Gasteiger partial charge in [0.1, 0.15) is 0 Å². The molecule has 1 aromatic carbocycles. The Labute approximate surface area is 77.1 Å². The van der Waals surface area contributed by atoms with Crippen molar-refractivity contribution in [3.63, 3.8) is 0 Å². The quantitative estimate of drug-likeness (QED) is 0.505. The topological polar surface area (TPSA) is 40.9 Å². The normalized spacial score (nSPS) is 10.6. The summed E-state index contributed by atoms with van der Waals surface area (Å²) in [5, 5.41) is 8.76. The fourth-order valence-electron chi connectivity index (χ4n) is 1.00. The highest BCUT2D eigenvalue weighted by atomic mass is 16.1. The van der Waals surface area contributed by atoms with Gasteiger partial charge < -0.3 is 0 Å². The SMILES string of the molecule is CC(=O)/C=C(/C#N)c1ccccc1. The summed E-state index contributed by atoms with van der Waals surface area (Å²) >= 11 is 0. The summed E-state index contributed by atoms with van der Waals surface area (Å²) in [6.45, 7) is 1.43. The summed E-state index contributed by atoms with van der Waals surface area (Å²) in [6.07, 6.45) is 1.34. The van der Waals surface area contributed by atoms with E-state index in [4.69, 9.17) is 5.26 Å². The van der Waals surface area contributed by atoms with Crippen LogP contribution >= 0.6 is 0 Å². The predicted molar refractivity (Wildman–Crippen MR) is 50.7 cm³/mol. The maximum atomic E-state index is 10.8. The summed E-state index contributed by atoms with van der Waals surface area (Å²) in [5.74, 6) is -0.111. The molecule has 2 heteroatoms. The average molecular weight is 171 g/mol. The third-order valence-corrected chi connectivity index (χ3v) is 1.55. The van der Waals surface area contributed by atoms with Crippen molar-refractivity contribution in [2.45, 2.75) is 6.92 Å². The molecule has 2 nitrogen and oxygen atoms in total. The van der Waals surface area contributed by atoms with Gasteiger partial charge in [-0.15, -0.1) is 0 Å². The lowest BCUT2D eigenvalue weighted by Gasteiger charge is -1.95. The molecule has 0 saturated carbocycles. The van der Waals surface area contributed by atoms with Crippen molar-refractivity contribution >= 4 is 11.4 Å². The smallest absolute Gasteiger partial charge is 0.153 e. The van der Waals surface area contributed by atoms with Crippen molar-refractivity contribution in [3.05, 3.63) is 42.0 Å². The van der Waals surface area contributed by atoms with Crippen LogP contribution in [0.3, 0.4) is 0 Å². The summed E-state index contributed by atoms with van der Waals surface area (Å²) in [5.41, 5.74) is 1.19. The minimum absolute atomic E-state index is 0.111. The Morgan fingerprint density at radius 3 is 2.46 bits per heavy atom. The number of rotatable bonds is 2. The van der Waals surface area contributed by atoms with E-state index >= 15 is 0 Å². The van der Waals surface area contributed by atoms with Crippen LogP contribution in [0.25, 0.3) is 5.57 Å². The van der Waals surface area contributed by atoms with Crippen LogP contribution in [-0.2, 0) is 4.79 Å². The van der Waals surface area contributed by atoms with Gasteiger partial charge in [-0.1, -0.05) is 30.3 Å². The molecule has 0 saturated heterocycles. The van der Waals surface area contributed by atoms with Gasteiger partial charge in [-0.3, -0.25) is 4.79 Å². The van der Waals surface area contributed by atoms with Crippen molar-refractivity contribution in [2.24, 2.45) is 0 Å². The van der Waals surface area contributed by atoms with E-state index in [9.17, 15) is 4.79 Å². The zero-order valence-electron chi connectivity index (χ0n) is 7.32. The molecule has 0 spiro atoms. The van der Waals surface area contributed by atoms with Crippen molar-refractivity contribution < 1.29 is 4.79 Å². The largest absolute Gasteiger partial charge is 0.295 e. The highest BCUT2D eigenvalue weighted by molar-refractivity contribution is 5.98. The molecule has 0 heterocycles. The fourth-order valence-corrected chi connectivity index (χ4v) is 1.00. The van der Waals surface area contributed by atoms with E-state index in [0.717, 1.165) is 5.56 Å². The number of nitriles is 1. The van der Waals surface area contributed by atoms with Gasteiger partial charge in [0, 0.05) is 0 Å². The number of ketones is 1. The van der Waals surface area contributed by atoms with Crippen LogP contribution in [0.1, 0.15) is 12.5 Å². The summed E-state index contributed by atoms with van der Waals surface area (Å²) in [6, 6.07) is 11.1. The van der Waals surface area contributed by atoms with Crippen LogP contribution in [0.5, 0.6) is 0 Å². The lowest BCUT2D eigenvalue weighted by molar-refractivity contribution is -0.112. The second-order valence-corrected chi connectivity index (χ2v) is 2.65. The molecular formula is C11H9NO. The van der Waals surface area contributed by atoms with Gasteiger partial charge >= 0.3 is 0 Å². The minimum atomic E-state index is -0.111. The number of carbonyl (C=O) groups is 1. The Kier molecular flexibility index (Phi) is 2.99. The van der Waals surface area contributed by atoms with Crippen molar-refractivity contribution in [3.8, 4) is 6.07 Å². The zero-order valence-corrected chi connectivity index (χ0v) is 7.32. The molecule has 0 bridgehead atoms. The molecule has 0 aromatic heterocycles. The first-order chi connectivity index (χ1) is 6.24. The number of nitrogens with zero attached hydrogens (tertiary/aromatic N) is 1. The van der Waals surface area contributed by atoms with Gasteiger partial charge in [-0.05, 0) is 18.6 Å². The van der Waals surface area contributed by atoms with E-state index in [1.807, 2.05) is 24.3 Å². The highest BCUT2D eigenvalue weighted by Crippen LogP contribution is 2.12. The molecule has 0 aliphatic rings. The number of hydrogen-bond acceptors (Lipinski definition) is 2. The Bertz CT molecular complexity index is 371. The molecule has 0 atom stereocenters. The van der Waals surface area contributed by atoms with Gasteiger partial charge in [0.15, 0.2) is 5.78 Å². The highest BCUT2D eigenvalue weighted by Gasteiger charge is 1.99. The van der Waals surface area contributed by atoms with Crippen LogP contribution < -0.4 is 0 Å². The predicted octanol–water partition coefficient (Wildman–Crippen LogP) is 2.18. The van der Waals surface area contributed by atoms with Gasteiger partial charge in [0.25, 0.3) is 0 Å². The molecular weight excluding hydrogens is 162 g/mol. The number of hydrogen-bond donors (Lipinski definition) is 0. The van der Waals surface area contributed by atoms with Gasteiger partial charge in [0.05, 0.1) is 11.6 Å². The van der Waals surface area contributed by atoms with Crippen LogP contribution in [0.4, 0.5) is 0 Å². The molecule has 64 valence electrons. The fraction of sp³-hybridized carbons (Fsp3) is 0.0909. The van der Waals surface area contributed by atoms with E-state index < -0.39 is 0 Å². The van der Waals surface area contributed by atoms with Crippen molar-refractivity contribution in [2.75, 3.05) is 0 Å². The van der Waals surface area contributed by atoms with Gasteiger partial charge in [-0.25, -0.2) is 0 Å². The Balaban J connectivity index is 3.07. The third-order valence-electron chi connectivity index (χ3n) is 1.55. The van der Waals surface area contributed by atoms with Gasteiger partial charge in [-0.2, -0.15) is 5.26 Å². The lowest BCUT2D eigenvalue weighted by atomic mass is 10.1. The molecule has 0 fully saturated rings. The zero-order chi connectivity index (χ0) is 9.68. The Morgan fingerprint density at radius 1 is 1.38 bits per heavy atom. The molecule has 0 radical (unpaired) electrons. The molecule has 0 aliphatic heterocycles. The second kappa shape index (κ2) is 4.22. The second-order valence-electron chi connectivity index (χ2n) is 2.65. The molecule has 13 heavy (non-hydrogen) atoms. The molecule has 1 aromatic rings. The number of benzene rings is 1. The molecule has 0 aliphatic carbocycles. The van der Waals surface area contributed by atoms with Crippen LogP contribution in [0.15, 0.2) is 36.4 Å². The standard InChI is InChI=1S/C11H9NO/c1-9(13)7-11(8-12)10-5-3-2-4-6-10/h2-7H,1H3/b11-7-. The summed E-state index contributed by atoms with van der Waals surface area (Å²) < 4.78 is 0. The molecule has 0 unspecified atom stereocenters. The number of carbonyl (C=O) groups excluding carboxylic acids is 1.